The highest BCUT2D eigenvalue weighted by atomic mass is 16.5. The van der Waals surface area contributed by atoms with E-state index in [0.717, 1.165) is 5.56 Å². The fourth-order valence-electron chi connectivity index (χ4n) is 2.88. The third-order valence-corrected chi connectivity index (χ3v) is 4.74. The second-order valence-electron chi connectivity index (χ2n) is 6.70. The van der Waals surface area contributed by atoms with Crippen molar-refractivity contribution in [2.45, 2.75) is 45.8 Å². The van der Waals surface area contributed by atoms with Crippen molar-refractivity contribution >= 4 is 11.9 Å². The Labute approximate surface area is 144 Å². The van der Waals surface area contributed by atoms with Crippen LogP contribution in [-0.2, 0) is 14.3 Å². The van der Waals surface area contributed by atoms with Crippen LogP contribution in [0.3, 0.4) is 0 Å². The lowest BCUT2D eigenvalue weighted by Gasteiger charge is -2.34. The van der Waals surface area contributed by atoms with Gasteiger partial charge in [0, 0.05) is 13.0 Å². The molecule has 2 rings (SSSR count). The van der Waals surface area contributed by atoms with Crippen LogP contribution < -0.4 is 0 Å². The first-order valence-corrected chi connectivity index (χ1v) is 8.59. The van der Waals surface area contributed by atoms with Gasteiger partial charge in [-0.05, 0) is 25.3 Å². The van der Waals surface area contributed by atoms with Crippen molar-refractivity contribution in [3.8, 4) is 0 Å². The molecule has 1 aromatic rings. The summed E-state index contributed by atoms with van der Waals surface area (Å²) in [6.45, 7) is 5.75. The zero-order valence-corrected chi connectivity index (χ0v) is 14.9. The van der Waals surface area contributed by atoms with E-state index in [9.17, 15) is 9.59 Å². The average molecular weight is 329 g/mol. The van der Waals surface area contributed by atoms with Gasteiger partial charge < -0.3 is 9.64 Å². The normalized spacial score (nSPS) is 29.6. The van der Waals surface area contributed by atoms with Crippen LogP contribution in [0, 0.1) is 11.8 Å². The largest absolute Gasteiger partial charge is 0.455 e. The Balaban J connectivity index is 2.36. The summed E-state index contributed by atoms with van der Waals surface area (Å²) in [4.78, 5) is 26.8. The van der Waals surface area contributed by atoms with E-state index < -0.39 is 6.10 Å². The molecule has 4 heteroatoms. The molecule has 0 saturated heterocycles. The number of amides is 1. The topological polar surface area (TPSA) is 46.6 Å². The highest BCUT2D eigenvalue weighted by Gasteiger charge is 2.32. The van der Waals surface area contributed by atoms with Gasteiger partial charge in [0.05, 0.1) is 12.0 Å². The molecule has 1 aliphatic rings. The molecule has 0 N–H and O–H groups in total. The first-order chi connectivity index (χ1) is 11.4. The van der Waals surface area contributed by atoms with Crippen LogP contribution in [0.15, 0.2) is 42.5 Å². The van der Waals surface area contributed by atoms with Crippen LogP contribution in [-0.4, -0.2) is 29.9 Å². The summed E-state index contributed by atoms with van der Waals surface area (Å²) in [5.74, 6) is -0.446. The lowest BCUT2D eigenvalue weighted by atomic mass is 9.98. The van der Waals surface area contributed by atoms with E-state index in [-0.39, 0.29) is 29.8 Å². The number of hydrogen-bond donors (Lipinski definition) is 0. The quantitative estimate of drug-likeness (QED) is 0.582. The minimum Gasteiger partial charge on any atom is -0.455 e. The molecule has 1 amide bonds. The summed E-state index contributed by atoms with van der Waals surface area (Å²) in [5, 5.41) is 0. The Kier molecular flexibility index (Phi) is 6.18. The minimum atomic E-state index is -0.467. The molecule has 24 heavy (non-hydrogen) atoms. The van der Waals surface area contributed by atoms with Crippen LogP contribution in [0.5, 0.6) is 0 Å². The van der Waals surface area contributed by atoms with Crippen LogP contribution in [0.1, 0.15) is 45.3 Å². The van der Waals surface area contributed by atoms with Gasteiger partial charge in [0.25, 0.3) is 0 Å². The van der Waals surface area contributed by atoms with Crippen molar-refractivity contribution in [3.63, 3.8) is 0 Å². The highest BCUT2D eigenvalue weighted by Crippen LogP contribution is 2.28. The molecule has 0 radical (unpaired) electrons. The van der Waals surface area contributed by atoms with Crippen molar-refractivity contribution in [2.24, 2.45) is 11.8 Å². The number of allylic oxidation sites excluding steroid dienone is 2. The van der Waals surface area contributed by atoms with Crippen molar-refractivity contribution in [3.05, 3.63) is 48.0 Å². The smallest absolute Gasteiger partial charge is 0.309 e. The average Bonchev–Trinajstić information content (AvgIpc) is 2.60. The Morgan fingerprint density at radius 2 is 1.54 bits per heavy atom. The molecule has 0 fully saturated rings. The van der Waals surface area contributed by atoms with E-state index in [4.69, 9.17) is 4.74 Å². The van der Waals surface area contributed by atoms with E-state index in [2.05, 4.69) is 0 Å². The van der Waals surface area contributed by atoms with E-state index in [0.29, 0.717) is 12.8 Å². The summed E-state index contributed by atoms with van der Waals surface area (Å²) in [7, 11) is 1.78. The number of carbonyl (C=O) groups is 2. The monoisotopic (exact) mass is 329 g/mol. The molecule has 0 aliphatic carbocycles. The van der Waals surface area contributed by atoms with Gasteiger partial charge in [0.15, 0.2) is 0 Å². The van der Waals surface area contributed by atoms with Gasteiger partial charge in [-0.2, -0.15) is 0 Å². The first kappa shape index (κ1) is 18.2. The molecule has 0 saturated carbocycles. The molecule has 4 atom stereocenters. The number of carbonyl (C=O) groups excluding carboxylic acids is 2. The fraction of sp³-hybridized carbons (Fsp3) is 0.500. The lowest BCUT2D eigenvalue weighted by Crippen LogP contribution is -2.43. The summed E-state index contributed by atoms with van der Waals surface area (Å²) in [6.07, 6.45) is 4.81. The molecule has 1 heterocycles. The summed E-state index contributed by atoms with van der Waals surface area (Å²) >= 11 is 0. The van der Waals surface area contributed by atoms with Crippen molar-refractivity contribution in [1.29, 1.82) is 0 Å². The molecule has 130 valence electrons. The predicted octanol–water partition coefficient (Wildman–Crippen LogP) is 3.74. The maximum absolute atomic E-state index is 12.6. The van der Waals surface area contributed by atoms with E-state index >= 15 is 0 Å². The van der Waals surface area contributed by atoms with E-state index in [1.54, 1.807) is 11.9 Å². The van der Waals surface area contributed by atoms with Gasteiger partial charge in [-0.1, -0.05) is 56.3 Å². The second kappa shape index (κ2) is 8.13. The van der Waals surface area contributed by atoms with Crippen LogP contribution in [0.25, 0.3) is 0 Å². The molecule has 1 aromatic carbocycles. The molecule has 0 bridgehead atoms. The number of ether oxygens (including phenoxy) is 1. The number of hydrogen-bond acceptors (Lipinski definition) is 3. The zero-order chi connectivity index (χ0) is 17.7. The van der Waals surface area contributed by atoms with Gasteiger partial charge in [-0.15, -0.1) is 0 Å². The third-order valence-electron chi connectivity index (χ3n) is 4.74. The molecule has 3 unspecified atom stereocenters. The van der Waals surface area contributed by atoms with Crippen molar-refractivity contribution < 1.29 is 14.3 Å². The fourth-order valence-corrected chi connectivity index (χ4v) is 2.88. The summed E-state index contributed by atoms with van der Waals surface area (Å²) < 4.78 is 5.82. The summed E-state index contributed by atoms with van der Waals surface area (Å²) in [6, 6.07) is 9.40. The van der Waals surface area contributed by atoms with Crippen LogP contribution >= 0.6 is 0 Å². The van der Waals surface area contributed by atoms with Gasteiger partial charge in [-0.25, -0.2) is 0 Å². The minimum absolute atomic E-state index is 0.0674. The van der Waals surface area contributed by atoms with Gasteiger partial charge in [0.1, 0.15) is 6.10 Å². The van der Waals surface area contributed by atoms with Crippen molar-refractivity contribution in [2.75, 3.05) is 7.05 Å². The second-order valence-corrected chi connectivity index (χ2v) is 6.70. The van der Waals surface area contributed by atoms with Gasteiger partial charge in [-0.3, -0.25) is 9.59 Å². The molecule has 4 nitrogen and oxygen atoms in total. The Hall–Kier alpha value is -2.10. The number of benzene rings is 1. The number of cyclic esters (lactones) is 1. The molecule has 0 aromatic heterocycles. The SMILES string of the molecule is CC1CC=CC[C@@H](C)C(=O)OC(c2ccccc2)C(C)N(C)C1=O. The van der Waals surface area contributed by atoms with Crippen molar-refractivity contribution in [1.82, 2.24) is 4.90 Å². The Morgan fingerprint density at radius 3 is 2.17 bits per heavy atom. The lowest BCUT2D eigenvalue weighted by molar-refractivity contribution is -0.160. The molecular formula is C20H27NO3. The Morgan fingerprint density at radius 1 is 0.958 bits per heavy atom. The van der Waals surface area contributed by atoms with Gasteiger partial charge in [0.2, 0.25) is 5.91 Å². The number of likely N-dealkylation sites (N-methyl/N-ethyl adjacent to an activating group) is 1. The Bertz CT molecular complexity index is 596. The molecular weight excluding hydrogens is 302 g/mol. The first-order valence-electron chi connectivity index (χ1n) is 8.59. The molecule has 1 aliphatic heterocycles. The zero-order valence-electron chi connectivity index (χ0n) is 14.9. The van der Waals surface area contributed by atoms with Crippen LogP contribution in [0.2, 0.25) is 0 Å². The number of rotatable bonds is 1. The maximum atomic E-state index is 12.6. The summed E-state index contributed by atoms with van der Waals surface area (Å²) in [5.41, 5.74) is 0.908. The maximum Gasteiger partial charge on any atom is 0.309 e. The highest BCUT2D eigenvalue weighted by molar-refractivity contribution is 5.79. The number of nitrogens with zero attached hydrogens (tertiary/aromatic N) is 1. The van der Waals surface area contributed by atoms with Crippen LogP contribution in [0.4, 0.5) is 0 Å². The standard InChI is InChI=1S/C20H27NO3/c1-14-10-8-9-11-15(2)20(23)24-18(16(3)21(4)19(14)22)17-12-6-5-7-13-17/h5-9,12-16,18H,10-11H2,1-4H3/t14?,15-,16?,18?/m1/s1. The van der Waals surface area contributed by atoms with Gasteiger partial charge >= 0.3 is 5.97 Å². The van der Waals surface area contributed by atoms with E-state index in [1.165, 1.54) is 0 Å². The predicted molar refractivity (Wildman–Crippen MR) is 94.2 cm³/mol. The number of esters is 1. The molecule has 0 spiro atoms. The van der Waals surface area contributed by atoms with E-state index in [1.807, 2.05) is 63.3 Å². The third kappa shape index (κ3) is 4.25.